The van der Waals surface area contributed by atoms with Gasteiger partial charge in [0, 0.05) is 16.4 Å². The van der Waals surface area contributed by atoms with Crippen molar-refractivity contribution in [3.05, 3.63) is 51.5 Å². The first-order valence-corrected chi connectivity index (χ1v) is 7.83. The Kier molecular flexibility index (Phi) is 5.39. The van der Waals surface area contributed by atoms with Gasteiger partial charge in [0.1, 0.15) is 5.75 Å². The molecule has 2 aromatic carbocycles. The second kappa shape index (κ2) is 7.11. The Balaban J connectivity index is 2.11. The van der Waals surface area contributed by atoms with E-state index in [0.29, 0.717) is 21.5 Å². The summed E-state index contributed by atoms with van der Waals surface area (Å²) in [6.45, 7) is 5.43. The van der Waals surface area contributed by atoms with Crippen LogP contribution in [0.25, 0.3) is 0 Å². The number of nitrogen functional groups attached to an aromatic ring is 1. The van der Waals surface area contributed by atoms with Crippen molar-refractivity contribution in [1.82, 2.24) is 0 Å². The zero-order chi connectivity index (χ0) is 17.1. The lowest BCUT2D eigenvalue weighted by Gasteiger charge is -2.18. The maximum atomic E-state index is 12.3. The molecule has 0 unspecified atom stereocenters. The molecule has 0 aliphatic rings. The van der Waals surface area contributed by atoms with Crippen molar-refractivity contribution in [2.24, 2.45) is 0 Å². The normalized spacial score (nSPS) is 11.9. The van der Waals surface area contributed by atoms with E-state index in [1.165, 1.54) is 0 Å². The van der Waals surface area contributed by atoms with E-state index in [1.807, 2.05) is 26.0 Å². The van der Waals surface area contributed by atoms with Crippen LogP contribution in [-0.4, -0.2) is 12.0 Å². The van der Waals surface area contributed by atoms with Gasteiger partial charge in [0.2, 0.25) is 0 Å². The zero-order valence-electron chi connectivity index (χ0n) is 13.1. The van der Waals surface area contributed by atoms with E-state index in [1.54, 1.807) is 25.1 Å². The molecule has 1 atom stereocenters. The summed E-state index contributed by atoms with van der Waals surface area (Å²) in [5.74, 6) is 0.136. The maximum Gasteiger partial charge on any atom is 0.265 e. The molecule has 0 aromatic heterocycles. The molecule has 23 heavy (non-hydrogen) atoms. The highest BCUT2D eigenvalue weighted by molar-refractivity contribution is 6.35. The van der Waals surface area contributed by atoms with Crippen LogP contribution in [0.15, 0.2) is 30.3 Å². The molecular weight excluding hydrogens is 335 g/mol. The summed E-state index contributed by atoms with van der Waals surface area (Å²) >= 11 is 11.9. The van der Waals surface area contributed by atoms with Crippen LogP contribution in [0.5, 0.6) is 5.75 Å². The van der Waals surface area contributed by atoms with Crippen LogP contribution in [0.1, 0.15) is 18.1 Å². The molecule has 0 bridgehead atoms. The highest BCUT2D eigenvalue weighted by atomic mass is 35.5. The number of halogens is 2. The summed E-state index contributed by atoms with van der Waals surface area (Å²) in [4.78, 5) is 12.3. The van der Waals surface area contributed by atoms with Crippen LogP contribution in [0.4, 0.5) is 11.4 Å². The van der Waals surface area contributed by atoms with Crippen LogP contribution in [0.3, 0.4) is 0 Å². The first-order valence-electron chi connectivity index (χ1n) is 7.07. The number of hydrogen-bond acceptors (Lipinski definition) is 3. The van der Waals surface area contributed by atoms with Crippen molar-refractivity contribution in [3.63, 3.8) is 0 Å². The topological polar surface area (TPSA) is 64.3 Å². The lowest BCUT2D eigenvalue weighted by Crippen LogP contribution is -2.30. The summed E-state index contributed by atoms with van der Waals surface area (Å²) in [6.07, 6.45) is -0.718. The predicted molar refractivity (Wildman–Crippen MR) is 95.5 cm³/mol. The quantitative estimate of drug-likeness (QED) is 0.790. The fourth-order valence-corrected chi connectivity index (χ4v) is 2.69. The summed E-state index contributed by atoms with van der Waals surface area (Å²) in [5.41, 5.74) is 8.98. The van der Waals surface area contributed by atoms with Gasteiger partial charge in [0.25, 0.3) is 5.91 Å². The van der Waals surface area contributed by atoms with Gasteiger partial charge in [-0.2, -0.15) is 0 Å². The van der Waals surface area contributed by atoms with Gasteiger partial charge in [-0.15, -0.1) is 0 Å². The van der Waals surface area contributed by atoms with Gasteiger partial charge in [-0.1, -0.05) is 23.2 Å². The Morgan fingerprint density at radius 1 is 1.17 bits per heavy atom. The van der Waals surface area contributed by atoms with Gasteiger partial charge in [-0.25, -0.2) is 0 Å². The fourth-order valence-electron chi connectivity index (χ4n) is 2.23. The third kappa shape index (κ3) is 4.30. The lowest BCUT2D eigenvalue weighted by atomic mass is 10.1. The molecule has 2 rings (SSSR count). The van der Waals surface area contributed by atoms with E-state index < -0.39 is 6.10 Å². The van der Waals surface area contributed by atoms with E-state index in [9.17, 15) is 4.79 Å². The van der Waals surface area contributed by atoms with Crippen LogP contribution in [-0.2, 0) is 4.79 Å². The predicted octanol–water partition coefficient (Wildman–Crippen LogP) is 4.60. The molecule has 122 valence electrons. The number of carbonyl (C=O) groups is 1. The first-order chi connectivity index (χ1) is 10.8. The molecule has 2 aromatic rings. The Morgan fingerprint density at radius 2 is 1.78 bits per heavy atom. The van der Waals surface area contributed by atoms with E-state index in [2.05, 4.69) is 5.32 Å². The molecule has 0 saturated carbocycles. The minimum absolute atomic E-state index is 0.271. The molecule has 0 aliphatic carbocycles. The standard InChI is InChI=1S/C17H18Cl2N2O2/c1-9-6-13(20)7-10(2)16(9)21-17(22)11(3)23-15-5-4-12(18)8-14(15)19/h4-8,11H,20H2,1-3H3,(H,21,22)/t11-/m0/s1. The first kappa shape index (κ1) is 17.4. The van der Waals surface area contributed by atoms with Gasteiger partial charge in [0.05, 0.1) is 5.02 Å². The van der Waals surface area contributed by atoms with E-state index in [-0.39, 0.29) is 5.91 Å². The molecule has 3 N–H and O–H groups in total. The number of ether oxygens (including phenoxy) is 1. The van der Waals surface area contributed by atoms with Crippen LogP contribution < -0.4 is 15.8 Å². The molecule has 1 amide bonds. The third-order valence-corrected chi connectivity index (χ3v) is 3.90. The van der Waals surface area contributed by atoms with Gasteiger partial charge in [-0.3, -0.25) is 4.79 Å². The largest absolute Gasteiger partial charge is 0.479 e. The van der Waals surface area contributed by atoms with Crippen molar-refractivity contribution in [2.45, 2.75) is 26.9 Å². The third-order valence-electron chi connectivity index (χ3n) is 3.37. The molecule has 0 spiro atoms. The van der Waals surface area contributed by atoms with Crippen molar-refractivity contribution < 1.29 is 9.53 Å². The summed E-state index contributed by atoms with van der Waals surface area (Å²) in [5, 5.41) is 3.73. The molecular formula is C17H18Cl2N2O2. The van der Waals surface area contributed by atoms with Gasteiger partial charge in [0.15, 0.2) is 6.10 Å². The Morgan fingerprint density at radius 3 is 2.35 bits per heavy atom. The smallest absolute Gasteiger partial charge is 0.265 e. The molecule has 0 fully saturated rings. The number of anilines is 2. The fraction of sp³-hybridized carbons (Fsp3) is 0.235. The van der Waals surface area contributed by atoms with Gasteiger partial charge in [-0.05, 0) is 62.2 Å². The molecule has 0 aliphatic heterocycles. The van der Waals surface area contributed by atoms with Gasteiger partial charge >= 0.3 is 0 Å². The van der Waals surface area contributed by atoms with Crippen molar-refractivity contribution in [1.29, 1.82) is 0 Å². The number of rotatable bonds is 4. The number of hydrogen-bond donors (Lipinski definition) is 2. The average Bonchev–Trinajstić information content (AvgIpc) is 2.45. The highest BCUT2D eigenvalue weighted by Gasteiger charge is 2.18. The Bertz CT molecular complexity index is 724. The van der Waals surface area contributed by atoms with Crippen molar-refractivity contribution in [3.8, 4) is 5.75 Å². The minimum atomic E-state index is -0.718. The van der Waals surface area contributed by atoms with E-state index in [0.717, 1.165) is 16.8 Å². The summed E-state index contributed by atoms with van der Waals surface area (Å²) in [6, 6.07) is 8.47. The molecule has 0 radical (unpaired) electrons. The lowest BCUT2D eigenvalue weighted by molar-refractivity contribution is -0.122. The van der Waals surface area contributed by atoms with Crippen molar-refractivity contribution >= 4 is 40.5 Å². The second-order valence-electron chi connectivity index (χ2n) is 5.35. The van der Waals surface area contributed by atoms with E-state index in [4.69, 9.17) is 33.7 Å². The monoisotopic (exact) mass is 352 g/mol. The number of nitrogens with one attached hydrogen (secondary N) is 1. The molecule has 6 heteroatoms. The van der Waals surface area contributed by atoms with Crippen LogP contribution in [0, 0.1) is 13.8 Å². The Labute approximate surface area is 145 Å². The second-order valence-corrected chi connectivity index (χ2v) is 6.20. The van der Waals surface area contributed by atoms with Crippen LogP contribution >= 0.6 is 23.2 Å². The van der Waals surface area contributed by atoms with Gasteiger partial charge < -0.3 is 15.8 Å². The molecule has 0 heterocycles. The highest BCUT2D eigenvalue weighted by Crippen LogP contribution is 2.29. The van der Waals surface area contributed by atoms with Crippen molar-refractivity contribution in [2.75, 3.05) is 11.1 Å². The molecule has 4 nitrogen and oxygen atoms in total. The Hall–Kier alpha value is -1.91. The number of nitrogens with two attached hydrogens (primary N) is 1. The number of amides is 1. The maximum absolute atomic E-state index is 12.3. The van der Waals surface area contributed by atoms with E-state index >= 15 is 0 Å². The SMILES string of the molecule is Cc1cc(N)cc(C)c1NC(=O)[C@H](C)Oc1ccc(Cl)cc1Cl. The van der Waals surface area contributed by atoms with Crippen LogP contribution in [0.2, 0.25) is 10.0 Å². The zero-order valence-corrected chi connectivity index (χ0v) is 14.6. The number of aryl methyl sites for hydroxylation is 2. The summed E-state index contributed by atoms with van der Waals surface area (Å²) < 4.78 is 5.61. The average molecular weight is 353 g/mol. The number of benzene rings is 2. The molecule has 0 saturated heterocycles. The number of carbonyl (C=O) groups excluding carboxylic acids is 1. The minimum Gasteiger partial charge on any atom is -0.479 e. The summed E-state index contributed by atoms with van der Waals surface area (Å²) in [7, 11) is 0.